The summed E-state index contributed by atoms with van der Waals surface area (Å²) in [5, 5.41) is 3.43. The second-order valence-corrected chi connectivity index (χ2v) is 5.47. The summed E-state index contributed by atoms with van der Waals surface area (Å²) in [5.41, 5.74) is 0. The molecule has 1 rings (SSSR count). The molecular formula is C14H29NO. The number of hydrogen-bond acceptors (Lipinski definition) is 2. The van der Waals surface area contributed by atoms with Crippen LogP contribution in [0.5, 0.6) is 0 Å². The van der Waals surface area contributed by atoms with Gasteiger partial charge in [-0.05, 0) is 57.4 Å². The molecule has 1 aliphatic rings. The predicted octanol–water partition coefficient (Wildman–Crippen LogP) is 3.07. The Morgan fingerprint density at radius 2 is 1.69 bits per heavy atom. The molecule has 1 unspecified atom stereocenters. The Hall–Kier alpha value is -0.0800. The lowest BCUT2D eigenvalue weighted by Crippen LogP contribution is -2.40. The monoisotopic (exact) mass is 227 g/mol. The molecule has 0 aromatic rings. The molecule has 1 saturated carbocycles. The summed E-state index contributed by atoms with van der Waals surface area (Å²) >= 11 is 0. The molecule has 2 heteroatoms. The first-order valence-corrected chi connectivity index (χ1v) is 6.94. The molecule has 0 aromatic heterocycles. The molecule has 1 atom stereocenters. The maximum Gasteiger partial charge on any atom is 0.0622 e. The minimum Gasteiger partial charge on any atom is -0.380 e. The Labute approximate surface area is 101 Å². The molecular weight excluding hydrogens is 198 g/mol. The van der Waals surface area contributed by atoms with Crippen molar-refractivity contribution in [1.82, 2.24) is 5.32 Å². The SMILES string of the molecule is CCOCC(NC)C1CCC(C(C)C)CC1. The molecule has 0 amide bonds. The summed E-state index contributed by atoms with van der Waals surface area (Å²) in [6.45, 7) is 8.51. The fraction of sp³-hybridized carbons (Fsp3) is 1.00. The molecule has 0 aromatic carbocycles. The van der Waals surface area contributed by atoms with Crippen LogP contribution in [-0.2, 0) is 4.74 Å². The Balaban J connectivity index is 2.32. The molecule has 0 saturated heterocycles. The molecule has 0 radical (unpaired) electrons. The van der Waals surface area contributed by atoms with E-state index in [1.165, 1.54) is 25.7 Å². The van der Waals surface area contributed by atoms with Gasteiger partial charge in [0.2, 0.25) is 0 Å². The third-order valence-corrected chi connectivity index (χ3v) is 4.20. The van der Waals surface area contributed by atoms with Gasteiger partial charge < -0.3 is 10.1 Å². The highest BCUT2D eigenvalue weighted by Gasteiger charge is 2.27. The summed E-state index contributed by atoms with van der Waals surface area (Å²) in [6, 6.07) is 0.563. The van der Waals surface area contributed by atoms with Crippen LogP contribution in [0.25, 0.3) is 0 Å². The lowest BCUT2D eigenvalue weighted by Gasteiger charge is -2.35. The Morgan fingerprint density at radius 3 is 2.12 bits per heavy atom. The smallest absolute Gasteiger partial charge is 0.0622 e. The van der Waals surface area contributed by atoms with E-state index in [0.717, 1.165) is 31.0 Å². The van der Waals surface area contributed by atoms with Crippen molar-refractivity contribution in [3.05, 3.63) is 0 Å². The fourth-order valence-electron chi connectivity index (χ4n) is 2.91. The fourth-order valence-corrected chi connectivity index (χ4v) is 2.91. The van der Waals surface area contributed by atoms with Crippen LogP contribution < -0.4 is 5.32 Å². The van der Waals surface area contributed by atoms with Crippen molar-refractivity contribution < 1.29 is 4.74 Å². The van der Waals surface area contributed by atoms with E-state index in [0.29, 0.717) is 6.04 Å². The third kappa shape index (κ3) is 4.06. The number of likely N-dealkylation sites (N-methyl/N-ethyl adjacent to an activating group) is 1. The van der Waals surface area contributed by atoms with Crippen LogP contribution in [0, 0.1) is 17.8 Å². The Morgan fingerprint density at radius 1 is 1.12 bits per heavy atom. The normalized spacial score (nSPS) is 28.3. The summed E-state index contributed by atoms with van der Waals surface area (Å²) < 4.78 is 5.55. The second kappa shape index (κ2) is 7.29. The van der Waals surface area contributed by atoms with Crippen LogP contribution in [-0.4, -0.2) is 26.3 Å². The number of hydrogen-bond donors (Lipinski definition) is 1. The molecule has 0 heterocycles. The standard InChI is InChI=1S/C14H29NO/c1-5-16-10-14(15-4)13-8-6-12(7-9-13)11(2)3/h11-15H,5-10H2,1-4H3. The summed E-state index contributed by atoms with van der Waals surface area (Å²) in [6.07, 6.45) is 5.57. The van der Waals surface area contributed by atoms with Gasteiger partial charge in [0, 0.05) is 12.6 Å². The summed E-state index contributed by atoms with van der Waals surface area (Å²) in [4.78, 5) is 0. The highest BCUT2D eigenvalue weighted by molar-refractivity contribution is 4.82. The number of ether oxygens (including phenoxy) is 1. The molecule has 0 aliphatic heterocycles. The second-order valence-electron chi connectivity index (χ2n) is 5.47. The largest absolute Gasteiger partial charge is 0.380 e. The first-order valence-electron chi connectivity index (χ1n) is 6.94. The van der Waals surface area contributed by atoms with Crippen LogP contribution in [0.2, 0.25) is 0 Å². The molecule has 0 bridgehead atoms. The van der Waals surface area contributed by atoms with Gasteiger partial charge in [-0.1, -0.05) is 13.8 Å². The topological polar surface area (TPSA) is 21.3 Å². The van der Waals surface area contributed by atoms with Gasteiger partial charge in [-0.2, -0.15) is 0 Å². The number of nitrogens with one attached hydrogen (secondary N) is 1. The minimum atomic E-state index is 0.563. The van der Waals surface area contributed by atoms with Crippen molar-refractivity contribution in [1.29, 1.82) is 0 Å². The lowest BCUT2D eigenvalue weighted by atomic mass is 9.74. The van der Waals surface area contributed by atoms with E-state index in [2.05, 4.69) is 33.1 Å². The molecule has 0 spiro atoms. The average Bonchev–Trinajstić information content (AvgIpc) is 2.30. The van der Waals surface area contributed by atoms with Crippen molar-refractivity contribution in [3.8, 4) is 0 Å². The van der Waals surface area contributed by atoms with Gasteiger partial charge in [0.05, 0.1) is 6.61 Å². The molecule has 16 heavy (non-hydrogen) atoms. The van der Waals surface area contributed by atoms with Gasteiger partial charge >= 0.3 is 0 Å². The minimum absolute atomic E-state index is 0.563. The zero-order valence-electron chi connectivity index (χ0n) is 11.5. The summed E-state index contributed by atoms with van der Waals surface area (Å²) in [5.74, 6) is 2.65. The maximum absolute atomic E-state index is 5.55. The molecule has 1 fully saturated rings. The van der Waals surface area contributed by atoms with Gasteiger partial charge in [-0.3, -0.25) is 0 Å². The van der Waals surface area contributed by atoms with Crippen LogP contribution >= 0.6 is 0 Å². The Bertz CT molecular complexity index is 174. The van der Waals surface area contributed by atoms with E-state index in [4.69, 9.17) is 4.74 Å². The van der Waals surface area contributed by atoms with Crippen LogP contribution in [0.3, 0.4) is 0 Å². The van der Waals surface area contributed by atoms with E-state index in [1.807, 2.05) is 0 Å². The zero-order chi connectivity index (χ0) is 12.0. The van der Waals surface area contributed by atoms with Crippen LogP contribution in [0.4, 0.5) is 0 Å². The summed E-state index contributed by atoms with van der Waals surface area (Å²) in [7, 11) is 2.07. The van der Waals surface area contributed by atoms with E-state index >= 15 is 0 Å². The van der Waals surface area contributed by atoms with Gasteiger partial charge in [0.1, 0.15) is 0 Å². The van der Waals surface area contributed by atoms with Crippen LogP contribution in [0.15, 0.2) is 0 Å². The Kier molecular flexibility index (Phi) is 6.37. The molecule has 1 aliphatic carbocycles. The van der Waals surface area contributed by atoms with Crippen molar-refractivity contribution in [3.63, 3.8) is 0 Å². The molecule has 1 N–H and O–H groups in total. The highest BCUT2D eigenvalue weighted by atomic mass is 16.5. The van der Waals surface area contributed by atoms with Gasteiger partial charge in [0.25, 0.3) is 0 Å². The van der Waals surface area contributed by atoms with Crippen molar-refractivity contribution in [2.24, 2.45) is 17.8 Å². The first-order chi connectivity index (χ1) is 7.69. The van der Waals surface area contributed by atoms with Crippen molar-refractivity contribution >= 4 is 0 Å². The van der Waals surface area contributed by atoms with E-state index in [9.17, 15) is 0 Å². The first kappa shape index (κ1) is 14.0. The third-order valence-electron chi connectivity index (χ3n) is 4.20. The van der Waals surface area contributed by atoms with Crippen molar-refractivity contribution in [2.45, 2.75) is 52.5 Å². The maximum atomic E-state index is 5.55. The predicted molar refractivity (Wildman–Crippen MR) is 69.6 cm³/mol. The highest BCUT2D eigenvalue weighted by Crippen LogP contribution is 2.34. The van der Waals surface area contributed by atoms with E-state index < -0.39 is 0 Å². The zero-order valence-corrected chi connectivity index (χ0v) is 11.5. The lowest BCUT2D eigenvalue weighted by molar-refractivity contribution is 0.0868. The molecule has 96 valence electrons. The van der Waals surface area contributed by atoms with Crippen LogP contribution in [0.1, 0.15) is 46.5 Å². The average molecular weight is 227 g/mol. The van der Waals surface area contributed by atoms with Crippen molar-refractivity contribution in [2.75, 3.05) is 20.3 Å². The molecule has 2 nitrogen and oxygen atoms in total. The van der Waals surface area contributed by atoms with E-state index in [1.54, 1.807) is 0 Å². The number of rotatable bonds is 6. The van der Waals surface area contributed by atoms with Gasteiger partial charge in [-0.15, -0.1) is 0 Å². The van der Waals surface area contributed by atoms with Gasteiger partial charge in [-0.25, -0.2) is 0 Å². The van der Waals surface area contributed by atoms with Gasteiger partial charge in [0.15, 0.2) is 0 Å². The quantitative estimate of drug-likeness (QED) is 0.753. The van der Waals surface area contributed by atoms with E-state index in [-0.39, 0.29) is 0 Å².